The third kappa shape index (κ3) is 3.59. The van der Waals surface area contributed by atoms with Gasteiger partial charge in [0.1, 0.15) is 17.3 Å². The zero-order valence-electron chi connectivity index (χ0n) is 9.06. The first kappa shape index (κ1) is 13.2. The summed E-state index contributed by atoms with van der Waals surface area (Å²) >= 11 is 3.03. The van der Waals surface area contributed by atoms with Gasteiger partial charge in [0.05, 0.1) is 0 Å². The van der Waals surface area contributed by atoms with Gasteiger partial charge in [-0.25, -0.2) is 8.78 Å². The fourth-order valence-electron chi connectivity index (χ4n) is 1.37. The van der Waals surface area contributed by atoms with Gasteiger partial charge in [0.25, 0.3) is 0 Å². The van der Waals surface area contributed by atoms with Crippen LogP contribution in [0.4, 0.5) is 14.5 Å². The first-order valence-electron chi connectivity index (χ1n) is 5.06. The van der Waals surface area contributed by atoms with Crippen LogP contribution in [0, 0.1) is 11.6 Å². The van der Waals surface area contributed by atoms with Crippen LogP contribution in [-0.4, -0.2) is 6.04 Å². The molecule has 16 heavy (non-hydrogen) atoms. The Morgan fingerprint density at radius 3 is 2.50 bits per heavy atom. The highest BCUT2D eigenvalue weighted by molar-refractivity contribution is 9.10. The topological polar surface area (TPSA) is 12.0 Å². The predicted octanol–water partition coefficient (Wildman–Crippen LogP) is 4.49. The minimum atomic E-state index is -0.586. The van der Waals surface area contributed by atoms with E-state index in [-0.39, 0.29) is 11.7 Å². The molecular formula is C12H14BrF2N. The van der Waals surface area contributed by atoms with E-state index >= 15 is 0 Å². The molecule has 0 saturated heterocycles. The van der Waals surface area contributed by atoms with Gasteiger partial charge in [-0.1, -0.05) is 22.0 Å². The third-order valence-electron chi connectivity index (χ3n) is 2.20. The Hall–Kier alpha value is -0.900. The fraction of sp³-hybridized carbons (Fsp3) is 0.333. The second-order valence-corrected chi connectivity index (χ2v) is 4.57. The van der Waals surface area contributed by atoms with Gasteiger partial charge in [0.2, 0.25) is 0 Å². The van der Waals surface area contributed by atoms with E-state index in [9.17, 15) is 8.78 Å². The first-order chi connectivity index (χ1) is 7.54. The van der Waals surface area contributed by atoms with Crippen molar-refractivity contribution in [3.63, 3.8) is 0 Å². The lowest BCUT2D eigenvalue weighted by molar-refractivity contribution is 0.579. The van der Waals surface area contributed by atoms with Crippen molar-refractivity contribution in [2.75, 3.05) is 5.32 Å². The van der Waals surface area contributed by atoms with Gasteiger partial charge in [-0.3, -0.25) is 0 Å². The zero-order valence-corrected chi connectivity index (χ0v) is 10.7. The summed E-state index contributed by atoms with van der Waals surface area (Å²) in [5.41, 5.74) is -0.0697. The lowest BCUT2D eigenvalue weighted by Crippen LogP contribution is -2.16. The first-order valence-corrected chi connectivity index (χ1v) is 5.86. The van der Waals surface area contributed by atoms with Gasteiger partial charge in [-0.05, 0) is 31.9 Å². The molecule has 1 N–H and O–H groups in total. The maximum atomic E-state index is 13.4. The van der Waals surface area contributed by atoms with Gasteiger partial charge < -0.3 is 5.32 Å². The monoisotopic (exact) mass is 289 g/mol. The van der Waals surface area contributed by atoms with Crippen molar-refractivity contribution in [3.8, 4) is 0 Å². The molecular weight excluding hydrogens is 276 g/mol. The van der Waals surface area contributed by atoms with Crippen molar-refractivity contribution in [1.82, 2.24) is 0 Å². The molecule has 0 fully saturated rings. The van der Waals surface area contributed by atoms with E-state index in [4.69, 9.17) is 0 Å². The lowest BCUT2D eigenvalue weighted by atomic mass is 10.1. The third-order valence-corrected chi connectivity index (χ3v) is 2.66. The van der Waals surface area contributed by atoms with Gasteiger partial charge in [-0.2, -0.15) is 0 Å². The van der Waals surface area contributed by atoms with Crippen LogP contribution in [0.15, 0.2) is 29.3 Å². The Kier molecular flexibility index (Phi) is 4.93. The molecule has 1 unspecified atom stereocenters. The number of nitrogens with one attached hydrogen (secondary N) is 1. The largest absolute Gasteiger partial charge is 0.378 e. The Balaban J connectivity index is 2.76. The highest BCUT2D eigenvalue weighted by atomic mass is 79.9. The smallest absolute Gasteiger partial charge is 0.150 e. The number of hydrogen-bond donors (Lipinski definition) is 1. The second-order valence-electron chi connectivity index (χ2n) is 3.66. The molecule has 0 aliphatic carbocycles. The van der Waals surface area contributed by atoms with Crippen LogP contribution in [-0.2, 0) is 0 Å². The Bertz CT molecular complexity index is 356. The summed E-state index contributed by atoms with van der Waals surface area (Å²) in [6.45, 7) is 5.48. The van der Waals surface area contributed by atoms with Crippen molar-refractivity contribution >= 4 is 21.6 Å². The maximum Gasteiger partial charge on any atom is 0.150 e. The summed E-state index contributed by atoms with van der Waals surface area (Å²) in [6.07, 6.45) is 3.39. The van der Waals surface area contributed by atoms with Gasteiger partial charge >= 0.3 is 0 Å². The van der Waals surface area contributed by atoms with Gasteiger partial charge in [0, 0.05) is 10.5 Å². The average molecular weight is 290 g/mol. The molecule has 1 atom stereocenters. The van der Waals surface area contributed by atoms with Crippen molar-refractivity contribution in [2.24, 2.45) is 0 Å². The highest BCUT2D eigenvalue weighted by Crippen LogP contribution is 2.24. The number of benzene rings is 1. The van der Waals surface area contributed by atoms with Crippen LogP contribution < -0.4 is 5.32 Å². The lowest BCUT2D eigenvalue weighted by Gasteiger charge is -2.15. The minimum absolute atomic E-state index is 0.00294. The van der Waals surface area contributed by atoms with E-state index in [1.807, 2.05) is 6.92 Å². The van der Waals surface area contributed by atoms with Crippen molar-refractivity contribution < 1.29 is 8.78 Å². The summed E-state index contributed by atoms with van der Waals surface area (Å²) in [6, 6.07) is 2.49. The molecule has 0 aliphatic rings. The molecule has 88 valence electrons. The highest BCUT2D eigenvalue weighted by Gasteiger charge is 2.12. The van der Waals surface area contributed by atoms with Crippen molar-refractivity contribution in [2.45, 2.75) is 25.8 Å². The number of hydrogen-bond acceptors (Lipinski definition) is 1. The Morgan fingerprint density at radius 1 is 1.44 bits per heavy atom. The predicted molar refractivity (Wildman–Crippen MR) is 66.6 cm³/mol. The van der Waals surface area contributed by atoms with Crippen LogP contribution >= 0.6 is 15.9 Å². The van der Waals surface area contributed by atoms with Crippen LogP contribution in [0.25, 0.3) is 0 Å². The molecule has 4 heteroatoms. The zero-order chi connectivity index (χ0) is 12.1. The molecule has 0 aromatic heterocycles. The molecule has 0 radical (unpaired) electrons. The molecule has 1 rings (SSSR count). The summed E-state index contributed by atoms with van der Waals surface area (Å²) in [5, 5.41) is 2.82. The molecule has 1 aromatic carbocycles. The van der Waals surface area contributed by atoms with Gasteiger partial charge in [0.15, 0.2) is 0 Å². The van der Waals surface area contributed by atoms with Crippen LogP contribution in [0.1, 0.15) is 19.8 Å². The quantitative estimate of drug-likeness (QED) is 0.788. The van der Waals surface area contributed by atoms with E-state index in [1.54, 1.807) is 6.08 Å². The molecule has 0 aliphatic heterocycles. The molecule has 0 amide bonds. The van der Waals surface area contributed by atoms with E-state index in [0.717, 1.165) is 12.8 Å². The van der Waals surface area contributed by atoms with Crippen LogP contribution in [0.5, 0.6) is 0 Å². The Morgan fingerprint density at radius 2 is 2.00 bits per heavy atom. The molecule has 0 bridgehead atoms. The number of rotatable bonds is 5. The van der Waals surface area contributed by atoms with E-state index in [1.165, 1.54) is 12.1 Å². The van der Waals surface area contributed by atoms with Crippen molar-refractivity contribution in [1.29, 1.82) is 0 Å². The normalized spacial score (nSPS) is 12.2. The van der Waals surface area contributed by atoms with Crippen molar-refractivity contribution in [3.05, 3.63) is 40.9 Å². The Labute approximate surface area is 103 Å². The van der Waals surface area contributed by atoms with Gasteiger partial charge in [-0.15, -0.1) is 6.58 Å². The fourth-order valence-corrected chi connectivity index (χ4v) is 1.77. The van der Waals surface area contributed by atoms with Crippen LogP contribution in [0.3, 0.4) is 0 Å². The molecule has 0 heterocycles. The number of allylic oxidation sites excluding steroid dienone is 1. The molecule has 1 nitrogen and oxygen atoms in total. The molecule has 0 saturated carbocycles. The number of anilines is 1. The van der Waals surface area contributed by atoms with E-state index < -0.39 is 11.6 Å². The van der Waals surface area contributed by atoms with E-state index in [2.05, 4.69) is 27.8 Å². The summed E-state index contributed by atoms with van der Waals surface area (Å²) in [7, 11) is 0. The van der Waals surface area contributed by atoms with E-state index in [0.29, 0.717) is 4.47 Å². The maximum absolute atomic E-state index is 13.4. The SMILES string of the molecule is C=CCCC(C)Nc1c(F)cc(Br)cc1F. The summed E-state index contributed by atoms with van der Waals surface area (Å²) in [4.78, 5) is 0. The van der Waals surface area contributed by atoms with Crippen LogP contribution in [0.2, 0.25) is 0 Å². The number of halogens is 3. The second kappa shape index (κ2) is 5.99. The molecule has 0 spiro atoms. The standard InChI is InChI=1S/C12H14BrF2N/c1-3-4-5-8(2)16-12-10(14)6-9(13)7-11(12)15/h3,6-8,16H,1,4-5H2,2H3. The summed E-state index contributed by atoms with van der Waals surface area (Å²) in [5.74, 6) is -1.17. The molecule has 1 aromatic rings. The minimum Gasteiger partial charge on any atom is -0.378 e. The summed E-state index contributed by atoms with van der Waals surface area (Å²) < 4.78 is 27.3. The average Bonchev–Trinajstić information content (AvgIpc) is 2.20.